The highest BCUT2D eigenvalue weighted by Gasteiger charge is 2.34. The second-order valence-corrected chi connectivity index (χ2v) is 5.08. The summed E-state index contributed by atoms with van der Waals surface area (Å²) in [6.45, 7) is 2.06. The number of carbonyl (C=O) groups is 1. The van der Waals surface area contributed by atoms with Crippen LogP contribution in [0.5, 0.6) is 0 Å². The predicted molar refractivity (Wildman–Crippen MR) is 68.9 cm³/mol. The molecule has 0 spiro atoms. The molecular weight excluding hydrogens is 231 g/mol. The number of benzene rings is 1. The van der Waals surface area contributed by atoms with Crippen LogP contribution < -0.4 is 11.1 Å². The molecule has 3 nitrogen and oxygen atoms in total. The summed E-state index contributed by atoms with van der Waals surface area (Å²) in [7, 11) is 0. The average molecular weight is 250 g/mol. The van der Waals surface area contributed by atoms with Crippen molar-refractivity contribution in [3.8, 4) is 0 Å². The third-order valence-corrected chi connectivity index (χ3v) is 3.77. The first-order valence-corrected chi connectivity index (χ1v) is 6.36. The van der Waals surface area contributed by atoms with Crippen molar-refractivity contribution in [3.05, 3.63) is 35.1 Å². The van der Waals surface area contributed by atoms with Crippen LogP contribution in [0.25, 0.3) is 0 Å². The molecule has 1 amide bonds. The van der Waals surface area contributed by atoms with E-state index in [1.54, 1.807) is 19.1 Å². The fourth-order valence-electron chi connectivity index (χ4n) is 2.56. The monoisotopic (exact) mass is 250 g/mol. The molecule has 0 bridgehead atoms. The Kier molecular flexibility index (Phi) is 3.66. The Labute approximate surface area is 107 Å². The lowest BCUT2D eigenvalue weighted by atomic mass is 9.97. The van der Waals surface area contributed by atoms with Crippen molar-refractivity contribution in [3.63, 3.8) is 0 Å². The number of halogens is 1. The Bertz CT molecular complexity index is 453. The van der Waals surface area contributed by atoms with E-state index in [0.717, 1.165) is 25.7 Å². The number of nitrogens with two attached hydrogens (primary N) is 1. The summed E-state index contributed by atoms with van der Waals surface area (Å²) in [5, 5.41) is 2.92. The second-order valence-electron chi connectivity index (χ2n) is 5.08. The van der Waals surface area contributed by atoms with E-state index >= 15 is 0 Å². The summed E-state index contributed by atoms with van der Waals surface area (Å²) < 4.78 is 13.9. The largest absolute Gasteiger partial charge is 0.345 e. The van der Waals surface area contributed by atoms with Gasteiger partial charge in [-0.15, -0.1) is 0 Å². The highest BCUT2D eigenvalue weighted by atomic mass is 19.1. The van der Waals surface area contributed by atoms with Gasteiger partial charge in [-0.25, -0.2) is 4.39 Å². The lowest BCUT2D eigenvalue weighted by Gasteiger charge is -2.28. The van der Waals surface area contributed by atoms with Crippen LogP contribution in [0.4, 0.5) is 4.39 Å². The first-order valence-electron chi connectivity index (χ1n) is 6.36. The molecule has 18 heavy (non-hydrogen) atoms. The molecule has 0 saturated heterocycles. The highest BCUT2D eigenvalue weighted by molar-refractivity contribution is 5.95. The first kappa shape index (κ1) is 13.0. The Morgan fingerprint density at radius 1 is 1.44 bits per heavy atom. The van der Waals surface area contributed by atoms with Crippen LogP contribution in [-0.4, -0.2) is 18.0 Å². The van der Waals surface area contributed by atoms with Gasteiger partial charge >= 0.3 is 0 Å². The van der Waals surface area contributed by atoms with Gasteiger partial charge in [0.25, 0.3) is 5.91 Å². The Morgan fingerprint density at radius 3 is 2.72 bits per heavy atom. The molecule has 1 aliphatic rings. The normalized spacial score (nSPS) is 17.7. The number of rotatable bonds is 3. The molecule has 1 saturated carbocycles. The standard InChI is InChI=1S/C14H19FN2O/c1-10-5-4-6-11(12(10)15)13(18)17-14(9-16)7-2-3-8-14/h4-6H,2-3,7-9,16H2,1H3,(H,17,18). The highest BCUT2D eigenvalue weighted by Crippen LogP contribution is 2.29. The van der Waals surface area contributed by atoms with E-state index in [1.165, 1.54) is 6.07 Å². The van der Waals surface area contributed by atoms with Gasteiger partial charge in [0.2, 0.25) is 0 Å². The van der Waals surface area contributed by atoms with Crippen molar-refractivity contribution in [1.29, 1.82) is 0 Å². The summed E-state index contributed by atoms with van der Waals surface area (Å²) in [4.78, 5) is 12.1. The lowest BCUT2D eigenvalue weighted by Crippen LogP contribution is -2.51. The third-order valence-electron chi connectivity index (χ3n) is 3.77. The molecule has 98 valence electrons. The van der Waals surface area contributed by atoms with Crippen LogP contribution in [0, 0.1) is 12.7 Å². The van der Waals surface area contributed by atoms with Gasteiger partial charge in [0, 0.05) is 6.54 Å². The zero-order valence-electron chi connectivity index (χ0n) is 10.6. The van der Waals surface area contributed by atoms with Gasteiger partial charge in [-0.2, -0.15) is 0 Å². The molecule has 0 unspecified atom stereocenters. The summed E-state index contributed by atoms with van der Waals surface area (Å²) >= 11 is 0. The van der Waals surface area contributed by atoms with Crippen molar-refractivity contribution < 1.29 is 9.18 Å². The van der Waals surface area contributed by atoms with Gasteiger partial charge in [0.1, 0.15) is 5.82 Å². The van der Waals surface area contributed by atoms with Gasteiger partial charge in [0.15, 0.2) is 0 Å². The van der Waals surface area contributed by atoms with E-state index < -0.39 is 5.82 Å². The minimum Gasteiger partial charge on any atom is -0.345 e. The van der Waals surface area contributed by atoms with E-state index in [1.807, 2.05) is 0 Å². The fraction of sp³-hybridized carbons (Fsp3) is 0.500. The lowest BCUT2D eigenvalue weighted by molar-refractivity contribution is 0.0899. The fourth-order valence-corrected chi connectivity index (χ4v) is 2.56. The van der Waals surface area contributed by atoms with Crippen LogP contribution in [0.1, 0.15) is 41.6 Å². The number of hydrogen-bond acceptors (Lipinski definition) is 2. The van der Waals surface area contributed by atoms with E-state index in [0.29, 0.717) is 12.1 Å². The molecule has 3 N–H and O–H groups in total. The first-order chi connectivity index (χ1) is 8.58. The van der Waals surface area contributed by atoms with E-state index in [4.69, 9.17) is 5.73 Å². The molecule has 0 aromatic heterocycles. The zero-order chi connectivity index (χ0) is 13.2. The van der Waals surface area contributed by atoms with Crippen LogP contribution in [-0.2, 0) is 0 Å². The zero-order valence-corrected chi connectivity index (χ0v) is 10.6. The molecule has 4 heteroatoms. The van der Waals surface area contributed by atoms with E-state index in [9.17, 15) is 9.18 Å². The number of carbonyl (C=O) groups excluding carboxylic acids is 1. The van der Waals surface area contributed by atoms with Crippen molar-refractivity contribution in [1.82, 2.24) is 5.32 Å². The molecular formula is C14H19FN2O. The number of nitrogens with one attached hydrogen (secondary N) is 1. The summed E-state index contributed by atoms with van der Waals surface area (Å²) in [5.41, 5.74) is 6.00. The Balaban J connectivity index is 2.19. The molecule has 1 fully saturated rings. The number of amides is 1. The van der Waals surface area contributed by atoms with Gasteiger partial charge in [-0.05, 0) is 31.4 Å². The molecule has 0 heterocycles. The molecule has 1 aliphatic carbocycles. The Hall–Kier alpha value is -1.42. The maximum Gasteiger partial charge on any atom is 0.254 e. The summed E-state index contributed by atoms with van der Waals surface area (Å²) in [6, 6.07) is 4.86. The SMILES string of the molecule is Cc1cccc(C(=O)NC2(CN)CCCC2)c1F. The van der Waals surface area contributed by atoms with Crippen molar-refractivity contribution in [2.75, 3.05) is 6.54 Å². The van der Waals surface area contributed by atoms with Gasteiger partial charge < -0.3 is 11.1 Å². The maximum atomic E-state index is 13.9. The van der Waals surface area contributed by atoms with Crippen molar-refractivity contribution in [2.45, 2.75) is 38.1 Å². The van der Waals surface area contributed by atoms with Crippen LogP contribution >= 0.6 is 0 Å². The minimum atomic E-state index is -0.444. The topological polar surface area (TPSA) is 55.1 Å². The molecule has 0 aliphatic heterocycles. The quantitative estimate of drug-likeness (QED) is 0.863. The Morgan fingerprint density at radius 2 is 2.11 bits per heavy atom. The molecule has 0 radical (unpaired) electrons. The number of aryl methyl sites for hydroxylation is 1. The van der Waals surface area contributed by atoms with Gasteiger partial charge in [-0.3, -0.25) is 4.79 Å². The van der Waals surface area contributed by atoms with Crippen molar-refractivity contribution in [2.24, 2.45) is 5.73 Å². The van der Waals surface area contributed by atoms with Crippen LogP contribution in [0.15, 0.2) is 18.2 Å². The van der Waals surface area contributed by atoms with Gasteiger partial charge in [-0.1, -0.05) is 25.0 Å². The summed E-state index contributed by atoms with van der Waals surface area (Å²) in [5.74, 6) is -0.802. The minimum absolute atomic E-state index is 0.106. The second kappa shape index (κ2) is 5.06. The number of hydrogen-bond donors (Lipinski definition) is 2. The maximum absolute atomic E-state index is 13.9. The smallest absolute Gasteiger partial charge is 0.254 e. The molecule has 1 aromatic rings. The molecule has 2 rings (SSSR count). The van der Waals surface area contributed by atoms with E-state index in [-0.39, 0.29) is 17.0 Å². The third kappa shape index (κ3) is 2.38. The van der Waals surface area contributed by atoms with Gasteiger partial charge in [0.05, 0.1) is 11.1 Å². The average Bonchev–Trinajstić information content (AvgIpc) is 2.81. The predicted octanol–water partition coefficient (Wildman–Crippen LogP) is 2.14. The van der Waals surface area contributed by atoms with Crippen molar-refractivity contribution >= 4 is 5.91 Å². The van der Waals surface area contributed by atoms with E-state index in [2.05, 4.69) is 5.32 Å². The molecule has 1 aromatic carbocycles. The van der Waals surface area contributed by atoms with Crippen LogP contribution in [0.2, 0.25) is 0 Å². The van der Waals surface area contributed by atoms with Crippen LogP contribution in [0.3, 0.4) is 0 Å². The molecule has 0 atom stereocenters. The summed E-state index contributed by atoms with van der Waals surface area (Å²) in [6.07, 6.45) is 3.88.